The highest BCUT2D eigenvalue weighted by Gasteiger charge is 2.06. The van der Waals surface area contributed by atoms with E-state index in [1.165, 1.54) is 33.4 Å². The molecule has 0 bridgehead atoms. The predicted octanol–water partition coefficient (Wildman–Crippen LogP) is 6.94. The molecule has 0 aliphatic carbocycles. The summed E-state index contributed by atoms with van der Waals surface area (Å²) >= 11 is 0. The van der Waals surface area contributed by atoms with Crippen LogP contribution in [-0.4, -0.2) is 13.2 Å². The van der Waals surface area contributed by atoms with Crippen LogP contribution in [0.3, 0.4) is 0 Å². The van der Waals surface area contributed by atoms with Crippen molar-refractivity contribution < 1.29 is 4.74 Å². The Hall–Kier alpha value is -2.12. The second-order valence-corrected chi connectivity index (χ2v) is 7.67. The molecular formula is C26H34O. The summed E-state index contributed by atoms with van der Waals surface area (Å²) in [6, 6.07) is 21.4. The highest BCUT2D eigenvalue weighted by molar-refractivity contribution is 5.20. The SMILES string of the molecule is CC(C)=C(CCc1ccccc1)COCC(CCc1ccccc1)=C(C)C. The van der Waals surface area contributed by atoms with Crippen molar-refractivity contribution in [1.29, 1.82) is 0 Å². The van der Waals surface area contributed by atoms with Gasteiger partial charge in [-0.15, -0.1) is 0 Å². The van der Waals surface area contributed by atoms with Crippen molar-refractivity contribution in [2.75, 3.05) is 13.2 Å². The molecule has 2 rings (SSSR count). The van der Waals surface area contributed by atoms with Gasteiger partial charge >= 0.3 is 0 Å². The van der Waals surface area contributed by atoms with Crippen molar-refractivity contribution in [2.45, 2.75) is 53.4 Å². The summed E-state index contributed by atoms with van der Waals surface area (Å²) in [5, 5.41) is 0. The third-order valence-electron chi connectivity index (χ3n) is 5.08. The maximum absolute atomic E-state index is 6.14. The van der Waals surface area contributed by atoms with Crippen LogP contribution in [0.4, 0.5) is 0 Å². The zero-order chi connectivity index (χ0) is 19.5. The summed E-state index contributed by atoms with van der Waals surface area (Å²) in [4.78, 5) is 0. The Bertz CT molecular complexity index is 665. The van der Waals surface area contributed by atoms with E-state index in [1.54, 1.807) is 0 Å². The third kappa shape index (κ3) is 7.97. The van der Waals surface area contributed by atoms with Gasteiger partial charge in [0.15, 0.2) is 0 Å². The van der Waals surface area contributed by atoms with E-state index in [0.29, 0.717) is 0 Å². The predicted molar refractivity (Wildman–Crippen MR) is 117 cm³/mol. The Balaban J connectivity index is 1.83. The Kier molecular flexibility index (Phi) is 9.07. The zero-order valence-electron chi connectivity index (χ0n) is 17.4. The van der Waals surface area contributed by atoms with E-state index >= 15 is 0 Å². The van der Waals surface area contributed by atoms with E-state index in [9.17, 15) is 0 Å². The van der Waals surface area contributed by atoms with E-state index in [-0.39, 0.29) is 0 Å². The summed E-state index contributed by atoms with van der Waals surface area (Å²) < 4.78 is 6.14. The number of hydrogen-bond acceptors (Lipinski definition) is 1. The lowest BCUT2D eigenvalue weighted by Gasteiger charge is -2.14. The molecule has 2 aromatic carbocycles. The van der Waals surface area contributed by atoms with Crippen molar-refractivity contribution in [1.82, 2.24) is 0 Å². The van der Waals surface area contributed by atoms with Gasteiger partial charge in [0.1, 0.15) is 0 Å². The fourth-order valence-electron chi connectivity index (χ4n) is 3.11. The standard InChI is InChI=1S/C26H34O/c1-21(2)25(17-15-23-11-7-5-8-12-23)19-27-20-26(22(3)4)18-16-24-13-9-6-10-14-24/h5-14H,15-20H2,1-4H3. The van der Waals surface area contributed by atoms with Crippen LogP contribution in [0.1, 0.15) is 51.7 Å². The molecule has 0 N–H and O–H groups in total. The maximum atomic E-state index is 6.14. The van der Waals surface area contributed by atoms with E-state index in [0.717, 1.165) is 38.9 Å². The molecule has 0 spiro atoms. The average molecular weight is 363 g/mol. The van der Waals surface area contributed by atoms with Crippen molar-refractivity contribution in [3.05, 3.63) is 94.1 Å². The first kappa shape index (κ1) is 21.2. The molecule has 0 heterocycles. The molecule has 0 unspecified atom stereocenters. The van der Waals surface area contributed by atoms with Crippen molar-refractivity contribution in [3.63, 3.8) is 0 Å². The number of benzene rings is 2. The molecular weight excluding hydrogens is 328 g/mol. The number of rotatable bonds is 10. The van der Waals surface area contributed by atoms with Gasteiger partial charge in [-0.1, -0.05) is 71.8 Å². The minimum Gasteiger partial charge on any atom is -0.373 e. The molecule has 0 fully saturated rings. The summed E-state index contributed by atoms with van der Waals surface area (Å²) in [6.45, 7) is 10.2. The lowest BCUT2D eigenvalue weighted by atomic mass is 10.0. The first-order valence-corrected chi connectivity index (χ1v) is 10.0. The quantitative estimate of drug-likeness (QED) is 0.416. The molecule has 0 atom stereocenters. The molecule has 0 aliphatic rings. The van der Waals surface area contributed by atoms with Gasteiger partial charge < -0.3 is 4.74 Å². The molecule has 0 amide bonds. The van der Waals surface area contributed by atoms with Gasteiger partial charge in [-0.05, 0) is 75.7 Å². The molecule has 2 aromatic rings. The topological polar surface area (TPSA) is 9.23 Å². The summed E-state index contributed by atoms with van der Waals surface area (Å²) in [5.41, 5.74) is 8.40. The third-order valence-corrected chi connectivity index (χ3v) is 5.08. The number of aryl methyl sites for hydroxylation is 2. The molecule has 1 nitrogen and oxygen atoms in total. The minimum absolute atomic E-state index is 0.733. The van der Waals surface area contributed by atoms with E-state index < -0.39 is 0 Å². The van der Waals surface area contributed by atoms with Gasteiger partial charge in [-0.3, -0.25) is 0 Å². The van der Waals surface area contributed by atoms with Crippen molar-refractivity contribution in [2.24, 2.45) is 0 Å². The second kappa shape index (κ2) is 11.6. The first-order chi connectivity index (χ1) is 13.1. The molecule has 0 aliphatic heterocycles. The van der Waals surface area contributed by atoms with Crippen LogP contribution in [0.15, 0.2) is 83.0 Å². The molecule has 0 saturated carbocycles. The first-order valence-electron chi connectivity index (χ1n) is 10.0. The number of hydrogen-bond donors (Lipinski definition) is 0. The number of allylic oxidation sites excluding steroid dienone is 2. The monoisotopic (exact) mass is 362 g/mol. The molecule has 27 heavy (non-hydrogen) atoms. The molecule has 0 radical (unpaired) electrons. The Labute approximate surface area is 165 Å². The van der Waals surface area contributed by atoms with E-state index in [4.69, 9.17) is 4.74 Å². The van der Waals surface area contributed by atoms with Crippen LogP contribution in [0.2, 0.25) is 0 Å². The fraction of sp³-hybridized carbons (Fsp3) is 0.385. The van der Waals surface area contributed by atoms with Crippen LogP contribution in [0, 0.1) is 0 Å². The van der Waals surface area contributed by atoms with Gasteiger partial charge in [-0.2, -0.15) is 0 Å². The van der Waals surface area contributed by atoms with E-state index in [2.05, 4.69) is 88.4 Å². The van der Waals surface area contributed by atoms with Gasteiger partial charge in [-0.25, -0.2) is 0 Å². The van der Waals surface area contributed by atoms with Gasteiger partial charge in [0, 0.05) is 0 Å². The smallest absolute Gasteiger partial charge is 0.0683 e. The Morgan fingerprint density at radius 2 is 0.963 bits per heavy atom. The van der Waals surface area contributed by atoms with Gasteiger partial charge in [0.05, 0.1) is 13.2 Å². The van der Waals surface area contributed by atoms with Crippen LogP contribution in [0.5, 0.6) is 0 Å². The second-order valence-electron chi connectivity index (χ2n) is 7.67. The summed E-state index contributed by atoms with van der Waals surface area (Å²) in [7, 11) is 0. The normalized spacial score (nSPS) is 10.5. The molecule has 1 heteroatoms. The average Bonchev–Trinajstić information content (AvgIpc) is 2.67. The van der Waals surface area contributed by atoms with E-state index in [1.807, 2.05) is 0 Å². The molecule has 0 saturated heterocycles. The molecule has 0 aromatic heterocycles. The summed E-state index contributed by atoms with van der Waals surface area (Å²) in [5.74, 6) is 0. The van der Waals surface area contributed by atoms with Gasteiger partial charge in [0.25, 0.3) is 0 Å². The largest absolute Gasteiger partial charge is 0.373 e. The van der Waals surface area contributed by atoms with Crippen LogP contribution >= 0.6 is 0 Å². The fourth-order valence-corrected chi connectivity index (χ4v) is 3.11. The lowest BCUT2D eigenvalue weighted by molar-refractivity contribution is 0.174. The van der Waals surface area contributed by atoms with Crippen molar-refractivity contribution in [3.8, 4) is 0 Å². The zero-order valence-corrected chi connectivity index (χ0v) is 17.4. The van der Waals surface area contributed by atoms with Crippen LogP contribution < -0.4 is 0 Å². The highest BCUT2D eigenvalue weighted by Crippen LogP contribution is 2.17. The molecule has 144 valence electrons. The highest BCUT2D eigenvalue weighted by atomic mass is 16.5. The maximum Gasteiger partial charge on any atom is 0.0683 e. The number of ether oxygens (including phenoxy) is 1. The Morgan fingerprint density at radius 1 is 0.593 bits per heavy atom. The van der Waals surface area contributed by atoms with Gasteiger partial charge in [0.2, 0.25) is 0 Å². The van der Waals surface area contributed by atoms with Crippen LogP contribution in [0.25, 0.3) is 0 Å². The van der Waals surface area contributed by atoms with Crippen LogP contribution in [-0.2, 0) is 17.6 Å². The van der Waals surface area contributed by atoms with Crippen molar-refractivity contribution >= 4 is 0 Å². The summed E-state index contributed by atoms with van der Waals surface area (Å²) in [6.07, 6.45) is 4.30. The lowest BCUT2D eigenvalue weighted by Crippen LogP contribution is -2.07. The Morgan fingerprint density at radius 3 is 1.30 bits per heavy atom. The minimum atomic E-state index is 0.733.